The second-order valence-corrected chi connectivity index (χ2v) is 5.18. The van der Waals surface area contributed by atoms with Gasteiger partial charge in [-0.05, 0) is 36.4 Å². The van der Waals surface area contributed by atoms with E-state index in [4.69, 9.17) is 16.3 Å². The summed E-state index contributed by atoms with van der Waals surface area (Å²) in [5.41, 5.74) is 1.00. The van der Waals surface area contributed by atoms with Crippen molar-refractivity contribution in [2.24, 2.45) is 0 Å². The molecule has 2 nitrogen and oxygen atoms in total. The van der Waals surface area contributed by atoms with E-state index in [1.54, 1.807) is 0 Å². The molecule has 0 atom stereocenters. The lowest BCUT2D eigenvalue weighted by Gasteiger charge is -2.10. The molecule has 1 N–H and O–H groups in total. The van der Waals surface area contributed by atoms with Crippen LogP contribution in [0.5, 0.6) is 5.75 Å². The minimum absolute atomic E-state index is 0.280. The first kappa shape index (κ1) is 14.2. The third kappa shape index (κ3) is 4.40. The van der Waals surface area contributed by atoms with Crippen molar-refractivity contribution in [3.63, 3.8) is 0 Å². The van der Waals surface area contributed by atoms with Gasteiger partial charge in [-0.15, -0.1) is 0 Å². The first-order valence-corrected chi connectivity index (χ1v) is 6.89. The average molecular weight is 345 g/mol. The van der Waals surface area contributed by atoms with Gasteiger partial charge in [0.05, 0.1) is 5.02 Å². The Labute approximate surface area is 124 Å². The Hall–Kier alpha value is -1.26. The molecule has 0 aromatic heterocycles. The second-order valence-electron chi connectivity index (χ2n) is 3.86. The van der Waals surface area contributed by atoms with E-state index < -0.39 is 0 Å². The van der Waals surface area contributed by atoms with Gasteiger partial charge in [0.2, 0.25) is 0 Å². The molecule has 2 aromatic rings. The number of nitrogens with one attached hydrogen (secondary N) is 1. The number of hydrogen-bond acceptors (Lipinski definition) is 2. The molecule has 0 aliphatic rings. The van der Waals surface area contributed by atoms with Crippen LogP contribution in [0.25, 0.3) is 0 Å². The molecule has 5 heteroatoms. The zero-order valence-corrected chi connectivity index (χ0v) is 12.3. The van der Waals surface area contributed by atoms with E-state index in [1.165, 1.54) is 18.2 Å². The van der Waals surface area contributed by atoms with Gasteiger partial charge >= 0.3 is 0 Å². The molecule has 0 aliphatic heterocycles. The summed E-state index contributed by atoms with van der Waals surface area (Å²) >= 11 is 9.25. The summed E-state index contributed by atoms with van der Waals surface area (Å²) in [7, 11) is 0. The van der Waals surface area contributed by atoms with Gasteiger partial charge in [0.1, 0.15) is 18.2 Å². The molecule has 2 rings (SSSR count). The highest BCUT2D eigenvalue weighted by Gasteiger charge is 2.02. The van der Waals surface area contributed by atoms with Gasteiger partial charge in [-0.1, -0.05) is 33.6 Å². The van der Waals surface area contributed by atoms with Crippen LogP contribution in [0.15, 0.2) is 46.9 Å². The predicted molar refractivity (Wildman–Crippen MR) is 79.5 cm³/mol. The molecule has 0 radical (unpaired) electrons. The van der Waals surface area contributed by atoms with Gasteiger partial charge in [-0.25, -0.2) is 4.39 Å². The Morgan fingerprint density at radius 1 is 1.21 bits per heavy atom. The standard InChI is InChI=1S/C14H12BrClFNO/c15-10-2-1-3-12(8-10)18-6-7-19-14-5-4-11(17)9-13(14)16/h1-5,8-9,18H,6-7H2. The Balaban J connectivity index is 1.81. The minimum Gasteiger partial charge on any atom is -0.490 e. The SMILES string of the molecule is Fc1ccc(OCCNc2cccc(Br)c2)c(Cl)c1. The van der Waals surface area contributed by atoms with Gasteiger partial charge in [-0.2, -0.15) is 0 Å². The highest BCUT2D eigenvalue weighted by Crippen LogP contribution is 2.24. The fourth-order valence-electron chi connectivity index (χ4n) is 1.55. The smallest absolute Gasteiger partial charge is 0.138 e. The number of halogens is 3. The van der Waals surface area contributed by atoms with E-state index in [0.717, 1.165) is 10.2 Å². The van der Waals surface area contributed by atoms with Crippen molar-refractivity contribution in [2.75, 3.05) is 18.5 Å². The van der Waals surface area contributed by atoms with Crippen LogP contribution < -0.4 is 10.1 Å². The summed E-state index contributed by atoms with van der Waals surface area (Å²) in [5.74, 6) is 0.115. The van der Waals surface area contributed by atoms with Crippen LogP contribution in [0.2, 0.25) is 5.02 Å². The summed E-state index contributed by atoms with van der Waals surface area (Å²) in [5, 5.41) is 3.49. The third-order valence-electron chi connectivity index (χ3n) is 2.41. The monoisotopic (exact) mass is 343 g/mol. The molecule has 0 bridgehead atoms. The van der Waals surface area contributed by atoms with E-state index >= 15 is 0 Å². The molecule has 0 aliphatic carbocycles. The summed E-state index contributed by atoms with van der Waals surface area (Å²) in [6.45, 7) is 1.07. The second kappa shape index (κ2) is 6.78. The zero-order valence-electron chi connectivity index (χ0n) is 10.00. The Kier molecular flexibility index (Phi) is 5.05. The highest BCUT2D eigenvalue weighted by atomic mass is 79.9. The van der Waals surface area contributed by atoms with Crippen molar-refractivity contribution in [1.29, 1.82) is 0 Å². The fraction of sp³-hybridized carbons (Fsp3) is 0.143. The summed E-state index contributed by atoms with van der Waals surface area (Å²) in [4.78, 5) is 0. The van der Waals surface area contributed by atoms with Crippen molar-refractivity contribution < 1.29 is 9.13 Å². The van der Waals surface area contributed by atoms with Crippen LogP contribution >= 0.6 is 27.5 Å². The Bertz CT molecular complexity index is 565. The van der Waals surface area contributed by atoms with Crippen LogP contribution in [0, 0.1) is 5.82 Å². The van der Waals surface area contributed by atoms with Crippen LogP contribution in [0.3, 0.4) is 0 Å². The molecule has 19 heavy (non-hydrogen) atoms. The van der Waals surface area contributed by atoms with Crippen molar-refractivity contribution in [2.45, 2.75) is 0 Å². The van der Waals surface area contributed by atoms with Gasteiger partial charge in [-0.3, -0.25) is 0 Å². The van der Waals surface area contributed by atoms with Gasteiger partial charge in [0.15, 0.2) is 0 Å². The summed E-state index contributed by atoms with van der Waals surface area (Å²) < 4.78 is 19.3. The average Bonchev–Trinajstić information content (AvgIpc) is 2.37. The van der Waals surface area contributed by atoms with Crippen molar-refractivity contribution >= 4 is 33.2 Å². The van der Waals surface area contributed by atoms with Crippen molar-refractivity contribution in [3.05, 3.63) is 57.8 Å². The largest absolute Gasteiger partial charge is 0.490 e. The molecule has 0 heterocycles. The molecule has 100 valence electrons. The van der Waals surface area contributed by atoms with Gasteiger partial charge in [0, 0.05) is 16.7 Å². The molecule has 0 saturated carbocycles. The maximum Gasteiger partial charge on any atom is 0.138 e. The van der Waals surface area contributed by atoms with E-state index in [0.29, 0.717) is 18.9 Å². The van der Waals surface area contributed by atoms with Crippen LogP contribution in [0.4, 0.5) is 10.1 Å². The minimum atomic E-state index is -0.371. The third-order valence-corrected chi connectivity index (χ3v) is 3.20. The molecule has 0 saturated heterocycles. The number of ether oxygens (including phenoxy) is 1. The highest BCUT2D eigenvalue weighted by molar-refractivity contribution is 9.10. The van der Waals surface area contributed by atoms with Gasteiger partial charge in [0.25, 0.3) is 0 Å². The van der Waals surface area contributed by atoms with Gasteiger partial charge < -0.3 is 10.1 Å². The van der Waals surface area contributed by atoms with Crippen molar-refractivity contribution in [3.8, 4) is 5.75 Å². The normalized spacial score (nSPS) is 10.3. The molecule has 0 spiro atoms. The van der Waals surface area contributed by atoms with Crippen molar-refractivity contribution in [1.82, 2.24) is 0 Å². The first-order valence-electron chi connectivity index (χ1n) is 5.72. The molecule has 0 unspecified atom stereocenters. The Morgan fingerprint density at radius 2 is 2.05 bits per heavy atom. The van der Waals surface area contributed by atoms with E-state index in [9.17, 15) is 4.39 Å². The quantitative estimate of drug-likeness (QED) is 0.792. The van der Waals surface area contributed by atoms with E-state index in [-0.39, 0.29) is 10.8 Å². The van der Waals surface area contributed by atoms with E-state index in [2.05, 4.69) is 21.2 Å². The first-order chi connectivity index (χ1) is 9.15. The number of rotatable bonds is 5. The number of hydrogen-bond donors (Lipinski definition) is 1. The Morgan fingerprint density at radius 3 is 2.79 bits per heavy atom. The maximum absolute atomic E-state index is 12.8. The van der Waals surface area contributed by atoms with Crippen LogP contribution in [-0.4, -0.2) is 13.2 Å². The zero-order chi connectivity index (χ0) is 13.7. The fourth-order valence-corrected chi connectivity index (χ4v) is 2.17. The predicted octanol–water partition coefficient (Wildman–Crippen LogP) is 4.73. The molecular weight excluding hydrogens is 333 g/mol. The molecule has 0 amide bonds. The molecular formula is C14H12BrClFNO. The number of anilines is 1. The van der Waals surface area contributed by atoms with E-state index in [1.807, 2.05) is 24.3 Å². The topological polar surface area (TPSA) is 21.3 Å². The van der Waals surface area contributed by atoms with Crippen LogP contribution in [-0.2, 0) is 0 Å². The lowest BCUT2D eigenvalue weighted by Crippen LogP contribution is -2.11. The maximum atomic E-state index is 12.8. The number of benzene rings is 2. The lowest BCUT2D eigenvalue weighted by atomic mass is 10.3. The molecule has 2 aromatic carbocycles. The summed E-state index contributed by atoms with van der Waals surface area (Å²) in [6.07, 6.45) is 0. The van der Waals surface area contributed by atoms with Crippen LogP contribution in [0.1, 0.15) is 0 Å². The lowest BCUT2D eigenvalue weighted by molar-refractivity contribution is 0.332. The summed E-state index contributed by atoms with van der Waals surface area (Å²) in [6, 6.07) is 11.9. The molecule has 0 fully saturated rings.